The molecule has 1 unspecified atom stereocenters. The first-order valence-electron chi connectivity index (χ1n) is 10.1. The lowest BCUT2D eigenvalue weighted by atomic mass is 9.87. The number of hydrogen-bond donors (Lipinski definition) is 3. The third-order valence-corrected chi connectivity index (χ3v) is 5.86. The Labute approximate surface area is 170 Å². The van der Waals surface area contributed by atoms with Crippen molar-refractivity contribution in [1.29, 1.82) is 0 Å². The second-order valence-electron chi connectivity index (χ2n) is 7.82. The van der Waals surface area contributed by atoms with Gasteiger partial charge in [-0.3, -0.25) is 9.59 Å². The monoisotopic (exact) mass is 394 g/mol. The number of carbonyl (C=O) groups excluding carboxylic acids is 2. The summed E-state index contributed by atoms with van der Waals surface area (Å²) in [5, 5.41) is 14.7. The number of benzene rings is 2. The molecule has 0 spiro atoms. The number of aliphatic hydroxyl groups excluding tert-OH is 1. The van der Waals surface area contributed by atoms with Crippen molar-refractivity contribution in [3.05, 3.63) is 64.7 Å². The van der Waals surface area contributed by atoms with Gasteiger partial charge in [0.1, 0.15) is 11.9 Å². The molecule has 0 saturated heterocycles. The molecule has 4 rings (SSSR count). The van der Waals surface area contributed by atoms with Gasteiger partial charge in [-0.05, 0) is 43.4 Å². The topological polar surface area (TPSA) is 87.7 Å². The van der Waals surface area contributed by atoms with E-state index in [1.165, 1.54) is 0 Å². The van der Waals surface area contributed by atoms with Gasteiger partial charge in [-0.1, -0.05) is 30.3 Å². The van der Waals surface area contributed by atoms with E-state index in [0.29, 0.717) is 29.2 Å². The molecule has 29 heavy (non-hydrogen) atoms. The summed E-state index contributed by atoms with van der Waals surface area (Å²) in [4.78, 5) is 25.4. The Balaban J connectivity index is 1.70. The predicted octanol–water partition coefficient (Wildman–Crippen LogP) is 2.46. The van der Waals surface area contributed by atoms with Crippen molar-refractivity contribution in [3.8, 4) is 5.75 Å². The maximum atomic E-state index is 12.9. The fourth-order valence-electron chi connectivity index (χ4n) is 4.23. The molecule has 1 aliphatic carbocycles. The first-order valence-corrected chi connectivity index (χ1v) is 10.1. The number of fused-ring (bicyclic) bond motifs is 1. The molecule has 0 bridgehead atoms. The van der Waals surface area contributed by atoms with E-state index in [0.717, 1.165) is 17.5 Å². The van der Waals surface area contributed by atoms with Gasteiger partial charge in [-0.25, -0.2) is 0 Å². The summed E-state index contributed by atoms with van der Waals surface area (Å²) >= 11 is 0. The Kier molecular flexibility index (Phi) is 5.28. The van der Waals surface area contributed by atoms with Gasteiger partial charge in [-0.2, -0.15) is 0 Å². The zero-order chi connectivity index (χ0) is 20.5. The van der Waals surface area contributed by atoms with Crippen LogP contribution in [-0.4, -0.2) is 42.7 Å². The number of carbonyl (C=O) groups is 2. The highest BCUT2D eigenvalue weighted by molar-refractivity contribution is 6.02. The number of nitrogens with one attached hydrogen (secondary N) is 2. The van der Waals surface area contributed by atoms with E-state index in [4.69, 9.17) is 9.84 Å². The zero-order valence-electron chi connectivity index (χ0n) is 16.6. The van der Waals surface area contributed by atoms with Gasteiger partial charge in [-0.15, -0.1) is 0 Å². The SMILES string of the molecule is CNC(=O)c1cc(C(=O)NC2C[C@@H]2CCO)cc2c1O[C@H](C)[C@H]2c1ccccc1. The molecule has 6 heteroatoms. The molecular weight excluding hydrogens is 368 g/mol. The minimum Gasteiger partial charge on any atom is -0.489 e. The van der Waals surface area contributed by atoms with Crippen LogP contribution in [0.2, 0.25) is 0 Å². The fraction of sp³-hybridized carbons (Fsp3) is 0.391. The average Bonchev–Trinajstić information content (AvgIpc) is 3.36. The highest BCUT2D eigenvalue weighted by Crippen LogP contribution is 2.45. The Hall–Kier alpha value is -2.86. The van der Waals surface area contributed by atoms with E-state index in [1.54, 1.807) is 13.1 Å². The molecule has 6 nitrogen and oxygen atoms in total. The zero-order valence-corrected chi connectivity index (χ0v) is 16.6. The smallest absolute Gasteiger partial charge is 0.254 e. The van der Waals surface area contributed by atoms with Crippen molar-refractivity contribution in [3.63, 3.8) is 0 Å². The second kappa shape index (κ2) is 7.87. The molecule has 1 aliphatic heterocycles. The van der Waals surface area contributed by atoms with Gasteiger partial charge in [0.15, 0.2) is 0 Å². The van der Waals surface area contributed by atoms with Crippen molar-refractivity contribution < 1.29 is 19.4 Å². The van der Waals surface area contributed by atoms with Gasteiger partial charge >= 0.3 is 0 Å². The Bertz CT molecular complexity index is 928. The number of amides is 2. The van der Waals surface area contributed by atoms with Gasteiger partial charge in [0.25, 0.3) is 11.8 Å². The van der Waals surface area contributed by atoms with Crippen molar-refractivity contribution in [2.24, 2.45) is 5.92 Å². The van der Waals surface area contributed by atoms with Crippen LogP contribution in [0.25, 0.3) is 0 Å². The van der Waals surface area contributed by atoms with Crippen LogP contribution >= 0.6 is 0 Å². The summed E-state index contributed by atoms with van der Waals surface area (Å²) in [6, 6.07) is 13.5. The van der Waals surface area contributed by atoms with Crippen LogP contribution in [0.4, 0.5) is 0 Å². The maximum absolute atomic E-state index is 12.9. The number of ether oxygens (including phenoxy) is 1. The largest absolute Gasteiger partial charge is 0.489 e. The third-order valence-electron chi connectivity index (χ3n) is 5.86. The standard InChI is InChI=1S/C23H26N2O4/c1-13-20(14-6-4-3-5-7-14)17-10-16(11-18(21(17)29-13)23(28)24-2)22(27)25-19-12-15(19)8-9-26/h3-7,10-11,13,15,19-20,26H,8-9,12H2,1-2H3,(H,24,28)(H,25,27)/t13-,15+,19?,20+/m1/s1. The first-order chi connectivity index (χ1) is 14.0. The average molecular weight is 394 g/mol. The molecule has 4 atom stereocenters. The quantitative estimate of drug-likeness (QED) is 0.702. The van der Waals surface area contributed by atoms with Crippen LogP contribution in [0.3, 0.4) is 0 Å². The molecule has 152 valence electrons. The minimum absolute atomic E-state index is 0.0505. The van der Waals surface area contributed by atoms with Crippen LogP contribution in [-0.2, 0) is 0 Å². The van der Waals surface area contributed by atoms with E-state index in [1.807, 2.05) is 43.3 Å². The number of rotatable bonds is 6. The molecule has 2 aromatic carbocycles. The van der Waals surface area contributed by atoms with E-state index in [-0.39, 0.29) is 36.5 Å². The molecule has 1 saturated carbocycles. The van der Waals surface area contributed by atoms with Crippen molar-refractivity contribution >= 4 is 11.8 Å². The van der Waals surface area contributed by atoms with Gasteiger partial charge in [0.05, 0.1) is 5.56 Å². The Morgan fingerprint density at radius 2 is 1.93 bits per heavy atom. The first kappa shape index (κ1) is 19.5. The summed E-state index contributed by atoms with van der Waals surface area (Å²) in [5.74, 6) is 0.352. The molecule has 2 aliphatic rings. The summed E-state index contributed by atoms with van der Waals surface area (Å²) in [5.41, 5.74) is 2.78. The Morgan fingerprint density at radius 3 is 2.62 bits per heavy atom. The van der Waals surface area contributed by atoms with Crippen LogP contribution in [0.1, 0.15) is 57.5 Å². The van der Waals surface area contributed by atoms with E-state index < -0.39 is 0 Å². The molecule has 2 amide bonds. The lowest BCUT2D eigenvalue weighted by molar-refractivity contribution is 0.0948. The molecule has 2 aromatic rings. The molecule has 1 fully saturated rings. The molecular formula is C23H26N2O4. The fourth-order valence-corrected chi connectivity index (χ4v) is 4.23. The lowest BCUT2D eigenvalue weighted by Gasteiger charge is -2.15. The van der Waals surface area contributed by atoms with Gasteiger partial charge in [0, 0.05) is 36.7 Å². The third kappa shape index (κ3) is 3.72. The summed E-state index contributed by atoms with van der Waals surface area (Å²) in [6.07, 6.45) is 1.43. The Morgan fingerprint density at radius 1 is 1.17 bits per heavy atom. The summed E-state index contributed by atoms with van der Waals surface area (Å²) in [7, 11) is 1.57. The highest BCUT2D eigenvalue weighted by Gasteiger charge is 2.39. The number of aliphatic hydroxyl groups is 1. The molecule has 0 radical (unpaired) electrons. The maximum Gasteiger partial charge on any atom is 0.254 e. The van der Waals surface area contributed by atoms with Crippen molar-refractivity contribution in [2.45, 2.75) is 37.8 Å². The summed E-state index contributed by atoms with van der Waals surface area (Å²) in [6.45, 7) is 2.11. The van der Waals surface area contributed by atoms with E-state index >= 15 is 0 Å². The van der Waals surface area contributed by atoms with Crippen LogP contribution in [0.15, 0.2) is 42.5 Å². The normalized spacial score (nSPS) is 24.4. The van der Waals surface area contributed by atoms with Gasteiger partial charge in [0.2, 0.25) is 0 Å². The minimum atomic E-state index is -0.276. The van der Waals surface area contributed by atoms with Crippen LogP contribution in [0.5, 0.6) is 5.75 Å². The van der Waals surface area contributed by atoms with Crippen LogP contribution < -0.4 is 15.4 Å². The van der Waals surface area contributed by atoms with E-state index in [9.17, 15) is 9.59 Å². The summed E-state index contributed by atoms with van der Waals surface area (Å²) < 4.78 is 6.08. The second-order valence-corrected chi connectivity index (χ2v) is 7.82. The number of hydrogen-bond acceptors (Lipinski definition) is 4. The van der Waals surface area contributed by atoms with E-state index in [2.05, 4.69) is 10.6 Å². The highest BCUT2D eigenvalue weighted by atomic mass is 16.5. The predicted molar refractivity (Wildman–Crippen MR) is 109 cm³/mol. The molecule has 3 N–H and O–H groups in total. The molecule has 0 aromatic heterocycles. The molecule has 1 heterocycles. The van der Waals surface area contributed by atoms with Crippen molar-refractivity contribution in [1.82, 2.24) is 10.6 Å². The van der Waals surface area contributed by atoms with Gasteiger partial charge < -0.3 is 20.5 Å². The lowest BCUT2D eigenvalue weighted by Crippen LogP contribution is -2.28. The van der Waals surface area contributed by atoms with Crippen molar-refractivity contribution in [2.75, 3.05) is 13.7 Å². The van der Waals surface area contributed by atoms with Crippen LogP contribution in [0, 0.1) is 5.92 Å².